The predicted octanol–water partition coefficient (Wildman–Crippen LogP) is 0.944. The van der Waals surface area contributed by atoms with Crippen molar-refractivity contribution < 1.29 is 9.59 Å². The van der Waals surface area contributed by atoms with E-state index in [0.717, 1.165) is 12.8 Å². The number of hydrogen-bond donors (Lipinski definition) is 3. The highest BCUT2D eigenvalue weighted by Crippen LogP contribution is 2.27. The van der Waals surface area contributed by atoms with Gasteiger partial charge in [0.15, 0.2) is 0 Å². The summed E-state index contributed by atoms with van der Waals surface area (Å²) in [6.07, 6.45) is 5.94. The summed E-state index contributed by atoms with van der Waals surface area (Å²) in [5, 5.41) is 2.95. The first-order chi connectivity index (χ1) is 8.54. The molecule has 0 aromatic rings. The largest absolute Gasteiger partial charge is 0.370 e. The van der Waals surface area contributed by atoms with E-state index in [1.165, 1.54) is 19.3 Å². The van der Waals surface area contributed by atoms with E-state index in [0.29, 0.717) is 12.5 Å². The van der Waals surface area contributed by atoms with Gasteiger partial charge in [0.25, 0.3) is 0 Å². The van der Waals surface area contributed by atoms with Gasteiger partial charge >= 0.3 is 0 Å². The van der Waals surface area contributed by atoms with E-state index in [2.05, 4.69) is 5.32 Å². The molecule has 1 aliphatic rings. The summed E-state index contributed by atoms with van der Waals surface area (Å²) in [5.74, 6) is -0.273. The van der Waals surface area contributed by atoms with Gasteiger partial charge in [-0.2, -0.15) is 0 Å². The van der Waals surface area contributed by atoms with Crippen LogP contribution < -0.4 is 16.8 Å². The zero-order valence-corrected chi connectivity index (χ0v) is 12.4. The number of amides is 2. The summed E-state index contributed by atoms with van der Waals surface area (Å²) < 4.78 is 0. The van der Waals surface area contributed by atoms with Gasteiger partial charge < -0.3 is 16.8 Å². The van der Waals surface area contributed by atoms with E-state index < -0.39 is 0 Å². The summed E-state index contributed by atoms with van der Waals surface area (Å²) in [7, 11) is 0. The summed E-state index contributed by atoms with van der Waals surface area (Å²) in [5.41, 5.74) is 10.7. The molecule has 19 heavy (non-hydrogen) atoms. The molecule has 0 bridgehead atoms. The highest BCUT2D eigenvalue weighted by molar-refractivity contribution is 5.85. The van der Waals surface area contributed by atoms with Crippen LogP contribution in [0, 0.1) is 11.8 Å². The number of nitrogens with one attached hydrogen (secondary N) is 1. The van der Waals surface area contributed by atoms with Crippen LogP contribution in [0.15, 0.2) is 0 Å². The van der Waals surface area contributed by atoms with E-state index in [1.807, 2.05) is 0 Å². The van der Waals surface area contributed by atoms with Gasteiger partial charge in [-0.1, -0.05) is 26.2 Å². The Hall–Kier alpha value is -0.810. The Morgan fingerprint density at radius 1 is 1.26 bits per heavy atom. The molecule has 1 fully saturated rings. The molecule has 0 heterocycles. The average Bonchev–Trinajstić information content (AvgIpc) is 2.37. The molecule has 1 saturated carbocycles. The lowest BCUT2D eigenvalue weighted by atomic mass is 9.82. The smallest absolute Gasteiger partial charge is 0.224 e. The summed E-state index contributed by atoms with van der Waals surface area (Å²) in [6, 6.07) is -0.121. The Morgan fingerprint density at radius 3 is 2.32 bits per heavy atom. The van der Waals surface area contributed by atoms with Crippen LogP contribution in [0.25, 0.3) is 0 Å². The van der Waals surface area contributed by atoms with Crippen molar-refractivity contribution in [3.05, 3.63) is 0 Å². The maximum absolute atomic E-state index is 11.9. The quantitative estimate of drug-likeness (QED) is 0.679. The molecule has 112 valence electrons. The molecule has 0 aromatic heterocycles. The lowest BCUT2D eigenvalue weighted by Crippen LogP contribution is -2.46. The zero-order chi connectivity index (χ0) is 13.5. The van der Waals surface area contributed by atoms with Crippen molar-refractivity contribution in [1.29, 1.82) is 0 Å². The first kappa shape index (κ1) is 18.2. The summed E-state index contributed by atoms with van der Waals surface area (Å²) in [4.78, 5) is 23.0. The molecule has 2 unspecified atom stereocenters. The molecule has 0 aliphatic heterocycles. The minimum Gasteiger partial charge on any atom is -0.370 e. The maximum atomic E-state index is 11.9. The van der Waals surface area contributed by atoms with Crippen molar-refractivity contribution in [3.63, 3.8) is 0 Å². The Morgan fingerprint density at radius 2 is 1.84 bits per heavy atom. The van der Waals surface area contributed by atoms with E-state index in [4.69, 9.17) is 11.5 Å². The molecule has 1 aliphatic carbocycles. The third-order valence-electron chi connectivity index (χ3n) is 3.77. The fraction of sp³-hybridized carbons (Fsp3) is 0.846. The van der Waals surface area contributed by atoms with Crippen LogP contribution in [0.4, 0.5) is 0 Å². The molecule has 2 amide bonds. The number of rotatable bonds is 6. The van der Waals surface area contributed by atoms with E-state index >= 15 is 0 Å². The number of primary amides is 1. The number of carbonyl (C=O) groups excluding carboxylic acids is 2. The van der Waals surface area contributed by atoms with Gasteiger partial charge in [-0.25, -0.2) is 0 Å². The fourth-order valence-electron chi connectivity index (χ4n) is 2.52. The highest BCUT2D eigenvalue weighted by Gasteiger charge is 2.27. The van der Waals surface area contributed by atoms with Crippen LogP contribution in [0.2, 0.25) is 0 Å². The van der Waals surface area contributed by atoms with Crippen molar-refractivity contribution in [3.8, 4) is 0 Å². The van der Waals surface area contributed by atoms with Gasteiger partial charge in [0, 0.05) is 24.9 Å². The predicted molar refractivity (Wildman–Crippen MR) is 77.8 cm³/mol. The Labute approximate surface area is 121 Å². The third-order valence-corrected chi connectivity index (χ3v) is 3.77. The van der Waals surface area contributed by atoms with E-state index in [9.17, 15) is 9.59 Å². The Balaban J connectivity index is 0.00000324. The van der Waals surface area contributed by atoms with Gasteiger partial charge in [0.05, 0.1) is 0 Å². The molecule has 6 heteroatoms. The standard InChI is InChI=1S/C13H25N3O2.ClH/c1-9(8-14)13(18)16-11(7-12(15)17)10-5-3-2-4-6-10;/h9-11H,2-8,14H2,1H3,(H2,15,17)(H,16,18);1H. The van der Waals surface area contributed by atoms with Gasteiger partial charge in [0.2, 0.25) is 11.8 Å². The second-order valence-corrected chi connectivity index (χ2v) is 5.32. The molecular weight excluding hydrogens is 266 g/mol. The normalized spacial score (nSPS) is 19.1. The van der Waals surface area contributed by atoms with E-state index in [1.54, 1.807) is 6.92 Å². The Kier molecular flexibility index (Phi) is 8.76. The van der Waals surface area contributed by atoms with Crippen LogP contribution in [-0.2, 0) is 9.59 Å². The molecule has 2 atom stereocenters. The van der Waals surface area contributed by atoms with Crippen LogP contribution in [0.5, 0.6) is 0 Å². The molecule has 1 rings (SSSR count). The first-order valence-electron chi connectivity index (χ1n) is 6.83. The van der Waals surface area contributed by atoms with Crippen molar-refractivity contribution >= 4 is 24.2 Å². The molecule has 0 saturated heterocycles. The van der Waals surface area contributed by atoms with Crippen molar-refractivity contribution in [2.24, 2.45) is 23.3 Å². The van der Waals surface area contributed by atoms with Gasteiger partial charge in [-0.15, -0.1) is 12.4 Å². The minimum atomic E-state index is -0.355. The number of hydrogen-bond acceptors (Lipinski definition) is 3. The minimum absolute atomic E-state index is 0. The van der Waals surface area contributed by atoms with Crippen LogP contribution in [-0.4, -0.2) is 24.4 Å². The molecule has 5 N–H and O–H groups in total. The third kappa shape index (κ3) is 6.25. The van der Waals surface area contributed by atoms with E-state index in [-0.39, 0.29) is 42.6 Å². The average molecular weight is 292 g/mol. The lowest BCUT2D eigenvalue weighted by molar-refractivity contribution is -0.126. The SMILES string of the molecule is CC(CN)C(=O)NC(CC(N)=O)C1CCCCC1.Cl. The molecule has 0 spiro atoms. The first-order valence-corrected chi connectivity index (χ1v) is 6.83. The molecule has 0 radical (unpaired) electrons. The van der Waals surface area contributed by atoms with Crippen molar-refractivity contribution in [2.45, 2.75) is 51.5 Å². The Bertz CT molecular complexity index is 294. The molecular formula is C13H26ClN3O2. The van der Waals surface area contributed by atoms with Crippen LogP contribution >= 0.6 is 12.4 Å². The second kappa shape index (κ2) is 9.15. The van der Waals surface area contributed by atoms with Gasteiger partial charge in [0.1, 0.15) is 0 Å². The fourth-order valence-corrected chi connectivity index (χ4v) is 2.52. The van der Waals surface area contributed by atoms with Crippen molar-refractivity contribution in [1.82, 2.24) is 5.32 Å². The molecule has 5 nitrogen and oxygen atoms in total. The number of carbonyl (C=O) groups is 2. The topological polar surface area (TPSA) is 98.2 Å². The van der Waals surface area contributed by atoms with Gasteiger partial charge in [-0.3, -0.25) is 9.59 Å². The van der Waals surface area contributed by atoms with Gasteiger partial charge in [-0.05, 0) is 18.8 Å². The number of nitrogens with two attached hydrogens (primary N) is 2. The summed E-state index contributed by atoms with van der Waals surface area (Å²) >= 11 is 0. The second-order valence-electron chi connectivity index (χ2n) is 5.32. The lowest BCUT2D eigenvalue weighted by Gasteiger charge is -2.31. The summed E-state index contributed by atoms with van der Waals surface area (Å²) in [6.45, 7) is 2.11. The maximum Gasteiger partial charge on any atom is 0.224 e. The number of halogens is 1. The van der Waals surface area contributed by atoms with Crippen LogP contribution in [0.1, 0.15) is 45.4 Å². The molecule has 0 aromatic carbocycles. The monoisotopic (exact) mass is 291 g/mol. The zero-order valence-electron chi connectivity index (χ0n) is 11.6. The highest BCUT2D eigenvalue weighted by atomic mass is 35.5. The van der Waals surface area contributed by atoms with Crippen molar-refractivity contribution in [2.75, 3.05) is 6.54 Å². The van der Waals surface area contributed by atoms with Crippen LogP contribution in [0.3, 0.4) is 0 Å².